The van der Waals surface area contributed by atoms with E-state index in [0.717, 1.165) is 5.56 Å². The molecule has 1 N–H and O–H groups in total. The van der Waals surface area contributed by atoms with Gasteiger partial charge in [-0.1, -0.05) is 30.9 Å². The predicted octanol–water partition coefficient (Wildman–Crippen LogP) is 4.78. The molecule has 7 heteroatoms. The molecule has 0 aliphatic heterocycles. The molecular formula is C25H26N2O5. The minimum Gasteiger partial charge on any atom is -0.493 e. The zero-order valence-corrected chi connectivity index (χ0v) is 18.2. The Balaban J connectivity index is 1.59. The van der Waals surface area contributed by atoms with Crippen LogP contribution < -0.4 is 24.3 Å². The predicted molar refractivity (Wildman–Crippen MR) is 122 cm³/mol. The van der Waals surface area contributed by atoms with E-state index in [1.54, 1.807) is 36.5 Å². The number of nitrogens with one attached hydrogen (secondary N) is 1. The van der Waals surface area contributed by atoms with E-state index in [-0.39, 0.29) is 5.91 Å². The molecule has 0 unspecified atom stereocenters. The van der Waals surface area contributed by atoms with Crippen LogP contribution in [0.15, 0.2) is 73.4 Å². The number of carbonyl (C=O) groups is 1. The molecule has 166 valence electrons. The number of hydrogen-bond acceptors (Lipinski definition) is 6. The average molecular weight is 434 g/mol. The van der Waals surface area contributed by atoms with Crippen LogP contribution in [0.25, 0.3) is 0 Å². The molecule has 3 aromatic rings. The number of pyridine rings is 1. The first-order valence-corrected chi connectivity index (χ1v) is 10.2. The third-order valence-corrected chi connectivity index (χ3v) is 4.40. The number of rotatable bonds is 11. The first-order chi connectivity index (χ1) is 15.6. The lowest BCUT2D eigenvalue weighted by Gasteiger charge is -2.12. The zero-order valence-electron chi connectivity index (χ0n) is 18.2. The molecule has 7 nitrogen and oxygen atoms in total. The van der Waals surface area contributed by atoms with E-state index in [1.807, 2.05) is 37.3 Å². The van der Waals surface area contributed by atoms with Gasteiger partial charge in [0.1, 0.15) is 6.61 Å². The summed E-state index contributed by atoms with van der Waals surface area (Å²) in [5.41, 5.74) is 1.30. The molecule has 3 rings (SSSR count). The van der Waals surface area contributed by atoms with Crippen LogP contribution in [0.2, 0.25) is 0 Å². The van der Waals surface area contributed by atoms with Crippen molar-refractivity contribution in [1.82, 2.24) is 10.3 Å². The summed E-state index contributed by atoms with van der Waals surface area (Å²) in [4.78, 5) is 16.9. The van der Waals surface area contributed by atoms with E-state index >= 15 is 0 Å². The standard InChI is InChI=1S/C25H26N2O5/c1-4-14-31-21-12-11-19(15-23(21)29-3)25(28)27-17-18-10-13-24(26-16-18)32-22-9-7-6-8-20(22)30-5-2/h4,6-13,15-16H,1,5,14,17H2,2-3H3,(H,27,28). The van der Waals surface area contributed by atoms with Gasteiger partial charge in [-0.15, -0.1) is 0 Å². The Morgan fingerprint density at radius 1 is 1.03 bits per heavy atom. The second-order valence-corrected chi connectivity index (χ2v) is 6.63. The first kappa shape index (κ1) is 22.7. The van der Waals surface area contributed by atoms with Gasteiger partial charge in [0.05, 0.1) is 13.7 Å². The molecule has 0 saturated carbocycles. The Morgan fingerprint density at radius 2 is 1.81 bits per heavy atom. The Bertz CT molecular complexity index is 1050. The number of ether oxygens (including phenoxy) is 4. The third-order valence-electron chi connectivity index (χ3n) is 4.40. The molecule has 0 bridgehead atoms. The molecule has 32 heavy (non-hydrogen) atoms. The fourth-order valence-corrected chi connectivity index (χ4v) is 2.86. The van der Waals surface area contributed by atoms with Gasteiger partial charge in [0.25, 0.3) is 5.91 Å². The molecule has 1 heterocycles. The largest absolute Gasteiger partial charge is 0.493 e. The van der Waals surface area contributed by atoms with Gasteiger partial charge in [0, 0.05) is 24.4 Å². The second kappa shape index (κ2) is 11.4. The van der Waals surface area contributed by atoms with Crippen molar-refractivity contribution in [3.63, 3.8) is 0 Å². The maximum absolute atomic E-state index is 12.5. The van der Waals surface area contributed by atoms with Crippen LogP contribution in [-0.4, -0.2) is 31.2 Å². The zero-order chi connectivity index (χ0) is 22.8. The van der Waals surface area contributed by atoms with Crippen LogP contribution in [0.4, 0.5) is 0 Å². The summed E-state index contributed by atoms with van der Waals surface area (Å²) in [6.07, 6.45) is 3.30. The fraction of sp³-hybridized carbons (Fsp3) is 0.200. The van der Waals surface area contributed by atoms with E-state index in [1.165, 1.54) is 7.11 Å². The lowest BCUT2D eigenvalue weighted by atomic mass is 10.2. The van der Waals surface area contributed by atoms with Crippen molar-refractivity contribution < 1.29 is 23.7 Å². The Hall–Kier alpha value is -4.00. The second-order valence-electron chi connectivity index (χ2n) is 6.63. The number of carbonyl (C=O) groups excluding carboxylic acids is 1. The third kappa shape index (κ3) is 6.01. The summed E-state index contributed by atoms with van der Waals surface area (Å²) in [6.45, 7) is 6.75. The molecule has 2 aromatic carbocycles. The Morgan fingerprint density at radius 3 is 2.50 bits per heavy atom. The van der Waals surface area contributed by atoms with Crippen molar-refractivity contribution in [3.8, 4) is 28.9 Å². The van der Waals surface area contributed by atoms with E-state index in [9.17, 15) is 4.79 Å². The molecule has 0 spiro atoms. The summed E-state index contributed by atoms with van der Waals surface area (Å²) in [6, 6.07) is 16.0. The summed E-state index contributed by atoms with van der Waals surface area (Å²) < 4.78 is 22.2. The molecule has 1 aromatic heterocycles. The molecule has 0 aliphatic carbocycles. The van der Waals surface area contributed by atoms with Crippen molar-refractivity contribution >= 4 is 5.91 Å². The Kier molecular flexibility index (Phi) is 8.09. The minimum absolute atomic E-state index is 0.232. The summed E-state index contributed by atoms with van der Waals surface area (Å²) in [7, 11) is 1.53. The van der Waals surface area contributed by atoms with Crippen molar-refractivity contribution in [2.45, 2.75) is 13.5 Å². The smallest absolute Gasteiger partial charge is 0.251 e. The lowest BCUT2D eigenvalue weighted by Crippen LogP contribution is -2.22. The number of nitrogens with zero attached hydrogens (tertiary/aromatic N) is 1. The highest BCUT2D eigenvalue weighted by Crippen LogP contribution is 2.30. The van der Waals surface area contributed by atoms with Crippen LogP contribution in [0, 0.1) is 0 Å². The number of aromatic nitrogens is 1. The number of methoxy groups -OCH3 is 1. The van der Waals surface area contributed by atoms with Gasteiger partial charge in [-0.25, -0.2) is 4.98 Å². The maximum atomic E-state index is 12.5. The number of hydrogen-bond donors (Lipinski definition) is 1. The quantitative estimate of drug-likeness (QED) is 0.438. The van der Waals surface area contributed by atoms with E-state index in [0.29, 0.717) is 54.2 Å². The lowest BCUT2D eigenvalue weighted by molar-refractivity contribution is 0.0950. The van der Waals surface area contributed by atoms with Crippen LogP contribution >= 0.6 is 0 Å². The van der Waals surface area contributed by atoms with Crippen LogP contribution in [0.3, 0.4) is 0 Å². The van der Waals surface area contributed by atoms with Crippen LogP contribution in [0.5, 0.6) is 28.9 Å². The van der Waals surface area contributed by atoms with Gasteiger partial charge in [0.15, 0.2) is 23.0 Å². The molecule has 0 fully saturated rings. The summed E-state index contributed by atoms with van der Waals surface area (Å²) in [5, 5.41) is 2.87. The van der Waals surface area contributed by atoms with Gasteiger partial charge in [0.2, 0.25) is 5.88 Å². The number of benzene rings is 2. The van der Waals surface area contributed by atoms with Crippen molar-refractivity contribution in [2.75, 3.05) is 20.3 Å². The molecule has 0 atom stereocenters. The van der Waals surface area contributed by atoms with Crippen LogP contribution in [-0.2, 0) is 6.54 Å². The monoisotopic (exact) mass is 434 g/mol. The summed E-state index contributed by atoms with van der Waals surface area (Å²) >= 11 is 0. The van der Waals surface area contributed by atoms with Crippen molar-refractivity contribution in [1.29, 1.82) is 0 Å². The van der Waals surface area contributed by atoms with E-state index < -0.39 is 0 Å². The van der Waals surface area contributed by atoms with Gasteiger partial charge in [-0.05, 0) is 42.8 Å². The number of para-hydroxylation sites is 2. The highest BCUT2D eigenvalue weighted by molar-refractivity contribution is 5.94. The fourth-order valence-electron chi connectivity index (χ4n) is 2.86. The molecular weight excluding hydrogens is 408 g/mol. The minimum atomic E-state index is -0.232. The van der Waals surface area contributed by atoms with Crippen molar-refractivity contribution in [3.05, 3.63) is 84.6 Å². The molecule has 0 radical (unpaired) electrons. The molecule has 1 amide bonds. The number of amides is 1. The van der Waals surface area contributed by atoms with E-state index in [2.05, 4.69) is 16.9 Å². The summed E-state index contributed by atoms with van der Waals surface area (Å²) in [5.74, 6) is 2.49. The normalized spacial score (nSPS) is 10.2. The van der Waals surface area contributed by atoms with E-state index in [4.69, 9.17) is 18.9 Å². The first-order valence-electron chi connectivity index (χ1n) is 10.2. The van der Waals surface area contributed by atoms with Gasteiger partial charge >= 0.3 is 0 Å². The van der Waals surface area contributed by atoms with Gasteiger partial charge in [-0.2, -0.15) is 0 Å². The van der Waals surface area contributed by atoms with Gasteiger partial charge < -0.3 is 24.3 Å². The maximum Gasteiger partial charge on any atom is 0.251 e. The Labute approximate surface area is 187 Å². The highest BCUT2D eigenvalue weighted by Gasteiger charge is 2.11. The van der Waals surface area contributed by atoms with Gasteiger partial charge in [-0.3, -0.25) is 4.79 Å². The average Bonchev–Trinajstić information content (AvgIpc) is 2.83. The van der Waals surface area contributed by atoms with Crippen LogP contribution in [0.1, 0.15) is 22.8 Å². The molecule has 0 saturated heterocycles. The highest BCUT2D eigenvalue weighted by atomic mass is 16.5. The molecule has 0 aliphatic rings. The topological polar surface area (TPSA) is 78.9 Å². The van der Waals surface area contributed by atoms with Crippen molar-refractivity contribution in [2.24, 2.45) is 0 Å². The SMILES string of the molecule is C=CCOc1ccc(C(=O)NCc2ccc(Oc3ccccc3OCC)nc2)cc1OC.